The molecule has 0 aliphatic carbocycles. The molecule has 0 aromatic carbocycles. The number of carbonyl (C=O) groups is 1. The van der Waals surface area contributed by atoms with Gasteiger partial charge in [0.1, 0.15) is 5.15 Å². The Morgan fingerprint density at radius 3 is 2.67 bits per heavy atom. The first-order chi connectivity index (χ1) is 11.3. The topological polar surface area (TPSA) is 66.2 Å². The van der Waals surface area contributed by atoms with Gasteiger partial charge in [0.25, 0.3) is 0 Å². The summed E-state index contributed by atoms with van der Waals surface area (Å²) in [5.41, 5.74) is 1.47. The highest BCUT2D eigenvalue weighted by Crippen LogP contribution is 2.25. The third-order valence-electron chi connectivity index (χ3n) is 2.76. The van der Waals surface area contributed by atoms with Gasteiger partial charge in [0.2, 0.25) is 5.88 Å². The summed E-state index contributed by atoms with van der Waals surface area (Å²) in [6.07, 6.45) is 6.12. The van der Waals surface area contributed by atoms with E-state index < -0.39 is 5.97 Å². The maximum atomic E-state index is 11.5. The Bertz CT molecular complexity index is 738. The van der Waals surface area contributed by atoms with Gasteiger partial charge in [-0.3, -0.25) is 0 Å². The molecule has 2 aromatic rings. The first-order valence-corrected chi connectivity index (χ1v) is 7.98. The first kappa shape index (κ1) is 18.0. The molecule has 0 saturated heterocycles. The average Bonchev–Trinajstić information content (AvgIpc) is 2.92. The number of imidazole rings is 1. The summed E-state index contributed by atoms with van der Waals surface area (Å²) in [4.78, 5) is 19.9. The normalized spacial score (nSPS) is 11.5. The molecule has 6 nitrogen and oxygen atoms in total. The van der Waals surface area contributed by atoms with E-state index in [2.05, 4.69) is 9.97 Å². The van der Waals surface area contributed by atoms with Crippen molar-refractivity contribution in [1.29, 1.82) is 0 Å². The Kier molecular flexibility index (Phi) is 5.98. The molecule has 0 amide bonds. The molecule has 0 bridgehead atoms. The Balaban J connectivity index is 2.17. The van der Waals surface area contributed by atoms with E-state index in [0.717, 1.165) is 5.56 Å². The van der Waals surface area contributed by atoms with Crippen LogP contribution >= 0.6 is 11.6 Å². The zero-order valence-electron chi connectivity index (χ0n) is 14.1. The van der Waals surface area contributed by atoms with E-state index in [1.165, 1.54) is 6.08 Å². The molecule has 0 aliphatic rings. The molecule has 0 fully saturated rings. The zero-order valence-corrected chi connectivity index (χ0v) is 14.8. The minimum Gasteiger partial charge on any atom is -0.475 e. The second-order valence-electron chi connectivity index (χ2n) is 5.69. The van der Waals surface area contributed by atoms with E-state index in [-0.39, 0.29) is 12.2 Å². The molecular weight excluding hydrogens is 330 g/mol. The molecule has 0 aliphatic heterocycles. The Morgan fingerprint density at radius 2 is 2.00 bits per heavy atom. The summed E-state index contributed by atoms with van der Waals surface area (Å²) in [6, 6.07) is 3.48. The standard InChI is InChI=1S/C17H20ClN3O3/c1-11(2)23-16-8-13(7-15(18)20-16)14-9-21(10-19-14)6-5-17(22)24-12(3)4/h5-12H,1-4H3/b6-5-. The molecule has 128 valence electrons. The van der Waals surface area contributed by atoms with Crippen LogP contribution in [0.25, 0.3) is 17.5 Å². The molecular formula is C17H20ClN3O3. The SMILES string of the molecule is CC(C)OC(=O)/C=C\n1cnc(-c2cc(Cl)nc(OC(C)C)c2)c1. The largest absolute Gasteiger partial charge is 0.475 e. The number of nitrogens with zero attached hydrogens (tertiary/aromatic N) is 3. The highest BCUT2D eigenvalue weighted by molar-refractivity contribution is 6.29. The molecule has 0 radical (unpaired) electrons. The lowest BCUT2D eigenvalue weighted by Gasteiger charge is -2.09. The van der Waals surface area contributed by atoms with Crippen molar-refractivity contribution in [3.63, 3.8) is 0 Å². The number of hydrogen-bond acceptors (Lipinski definition) is 5. The third kappa shape index (κ3) is 5.38. The van der Waals surface area contributed by atoms with E-state index in [4.69, 9.17) is 21.1 Å². The van der Waals surface area contributed by atoms with Gasteiger partial charge in [0.05, 0.1) is 24.2 Å². The van der Waals surface area contributed by atoms with Crippen molar-refractivity contribution in [2.24, 2.45) is 0 Å². The predicted molar refractivity (Wildman–Crippen MR) is 92.8 cm³/mol. The predicted octanol–water partition coefficient (Wildman–Crippen LogP) is 3.81. The van der Waals surface area contributed by atoms with Crippen LogP contribution in [0.4, 0.5) is 0 Å². The number of rotatable bonds is 6. The van der Waals surface area contributed by atoms with Gasteiger partial charge in [-0.1, -0.05) is 11.6 Å². The lowest BCUT2D eigenvalue weighted by Crippen LogP contribution is -2.08. The highest BCUT2D eigenvalue weighted by Gasteiger charge is 2.08. The summed E-state index contributed by atoms with van der Waals surface area (Å²) in [5.74, 6) is 0.0397. The van der Waals surface area contributed by atoms with Crippen molar-refractivity contribution in [3.05, 3.63) is 35.9 Å². The van der Waals surface area contributed by atoms with Crippen LogP contribution in [-0.4, -0.2) is 32.7 Å². The van der Waals surface area contributed by atoms with Gasteiger partial charge in [0.15, 0.2) is 0 Å². The molecule has 2 aromatic heterocycles. The van der Waals surface area contributed by atoms with Crippen molar-refractivity contribution in [1.82, 2.24) is 14.5 Å². The maximum absolute atomic E-state index is 11.5. The molecule has 0 atom stereocenters. The fraction of sp³-hybridized carbons (Fsp3) is 0.353. The summed E-state index contributed by atoms with van der Waals surface area (Å²) < 4.78 is 12.3. The van der Waals surface area contributed by atoms with Gasteiger partial charge in [-0.05, 0) is 33.8 Å². The van der Waals surface area contributed by atoms with Crippen LogP contribution in [0.2, 0.25) is 5.15 Å². The van der Waals surface area contributed by atoms with Crippen LogP contribution in [0.15, 0.2) is 30.7 Å². The number of ether oxygens (including phenoxy) is 2. The van der Waals surface area contributed by atoms with Gasteiger partial charge < -0.3 is 14.0 Å². The smallest absolute Gasteiger partial charge is 0.332 e. The number of halogens is 1. The quantitative estimate of drug-likeness (QED) is 0.450. The van der Waals surface area contributed by atoms with Crippen molar-refractivity contribution in [2.45, 2.75) is 39.9 Å². The van der Waals surface area contributed by atoms with Crippen LogP contribution in [0, 0.1) is 0 Å². The van der Waals surface area contributed by atoms with Gasteiger partial charge in [0, 0.05) is 30.1 Å². The monoisotopic (exact) mass is 349 g/mol. The van der Waals surface area contributed by atoms with Crippen LogP contribution in [0.5, 0.6) is 5.88 Å². The zero-order chi connectivity index (χ0) is 17.7. The fourth-order valence-corrected chi connectivity index (χ4v) is 2.11. The van der Waals surface area contributed by atoms with Crippen molar-refractivity contribution >= 4 is 23.8 Å². The third-order valence-corrected chi connectivity index (χ3v) is 2.95. The first-order valence-electron chi connectivity index (χ1n) is 7.60. The molecule has 0 unspecified atom stereocenters. The highest BCUT2D eigenvalue weighted by atomic mass is 35.5. The van der Waals surface area contributed by atoms with Crippen molar-refractivity contribution in [2.75, 3.05) is 0 Å². The minimum absolute atomic E-state index is 0.00345. The molecule has 0 spiro atoms. The number of carbonyl (C=O) groups excluding carboxylic acids is 1. The maximum Gasteiger partial charge on any atom is 0.332 e. The lowest BCUT2D eigenvalue weighted by atomic mass is 10.2. The summed E-state index contributed by atoms with van der Waals surface area (Å²) in [5, 5.41) is 0.328. The Morgan fingerprint density at radius 1 is 1.25 bits per heavy atom. The summed E-state index contributed by atoms with van der Waals surface area (Å²) >= 11 is 6.04. The van der Waals surface area contributed by atoms with E-state index >= 15 is 0 Å². The minimum atomic E-state index is -0.403. The fourth-order valence-electron chi connectivity index (χ4n) is 1.91. The number of esters is 1. The van der Waals surface area contributed by atoms with E-state index in [9.17, 15) is 4.79 Å². The van der Waals surface area contributed by atoms with Gasteiger partial charge in [-0.2, -0.15) is 0 Å². The lowest BCUT2D eigenvalue weighted by molar-refractivity contribution is -0.141. The van der Waals surface area contributed by atoms with Crippen LogP contribution in [0.3, 0.4) is 0 Å². The molecule has 0 saturated carbocycles. The van der Waals surface area contributed by atoms with E-state index in [0.29, 0.717) is 16.7 Å². The van der Waals surface area contributed by atoms with Gasteiger partial charge in [-0.15, -0.1) is 0 Å². The molecule has 0 N–H and O–H groups in total. The van der Waals surface area contributed by atoms with Crippen LogP contribution in [0.1, 0.15) is 27.7 Å². The Hall–Kier alpha value is -2.34. The number of pyridine rings is 1. The second-order valence-corrected chi connectivity index (χ2v) is 6.08. The summed E-state index contributed by atoms with van der Waals surface area (Å²) in [7, 11) is 0. The summed E-state index contributed by atoms with van der Waals surface area (Å²) in [6.45, 7) is 7.42. The van der Waals surface area contributed by atoms with E-state index in [1.807, 2.05) is 13.8 Å². The molecule has 24 heavy (non-hydrogen) atoms. The van der Waals surface area contributed by atoms with Gasteiger partial charge in [-0.25, -0.2) is 14.8 Å². The molecule has 2 heterocycles. The van der Waals surface area contributed by atoms with E-state index in [1.54, 1.807) is 49.3 Å². The average molecular weight is 350 g/mol. The van der Waals surface area contributed by atoms with Gasteiger partial charge >= 0.3 is 5.97 Å². The second kappa shape index (κ2) is 7.97. The molecule has 2 rings (SSSR count). The number of aromatic nitrogens is 3. The molecule has 7 heteroatoms. The Labute approximate surface area is 146 Å². The van der Waals surface area contributed by atoms with Crippen molar-refractivity contribution in [3.8, 4) is 17.1 Å². The number of hydrogen-bond donors (Lipinski definition) is 0. The van der Waals surface area contributed by atoms with Crippen LogP contribution in [-0.2, 0) is 9.53 Å². The van der Waals surface area contributed by atoms with Crippen molar-refractivity contribution < 1.29 is 14.3 Å². The van der Waals surface area contributed by atoms with Crippen LogP contribution < -0.4 is 4.74 Å².